The highest BCUT2D eigenvalue weighted by Gasteiger charge is 2.38. The average Bonchev–Trinajstić information content (AvgIpc) is 3.52. The molecule has 1 saturated carbocycles. The van der Waals surface area contributed by atoms with Crippen LogP contribution in [0.5, 0.6) is 11.5 Å². The van der Waals surface area contributed by atoms with E-state index in [-0.39, 0.29) is 12.1 Å². The van der Waals surface area contributed by atoms with Gasteiger partial charge in [0.25, 0.3) is 0 Å². The zero-order valence-corrected chi connectivity index (χ0v) is 22.1. The van der Waals surface area contributed by atoms with E-state index in [4.69, 9.17) is 10.5 Å². The van der Waals surface area contributed by atoms with E-state index >= 15 is 0 Å². The lowest BCUT2D eigenvalue weighted by Gasteiger charge is -2.35. The highest BCUT2D eigenvalue weighted by molar-refractivity contribution is 6.00. The van der Waals surface area contributed by atoms with Gasteiger partial charge in [0, 0.05) is 43.0 Å². The number of nitrogens with two attached hydrogens (primary N) is 1. The summed E-state index contributed by atoms with van der Waals surface area (Å²) >= 11 is 0. The molecule has 6 rings (SSSR count). The van der Waals surface area contributed by atoms with Gasteiger partial charge >= 0.3 is 0 Å². The summed E-state index contributed by atoms with van der Waals surface area (Å²) < 4.78 is 8.30. The third kappa shape index (κ3) is 4.75. The van der Waals surface area contributed by atoms with Gasteiger partial charge in [-0.2, -0.15) is 0 Å². The molecule has 8 heteroatoms. The number of likely N-dealkylation sites (tertiary alicyclic amines) is 1. The van der Waals surface area contributed by atoms with Crippen molar-refractivity contribution in [1.29, 1.82) is 0 Å². The Balaban J connectivity index is 1.22. The second-order valence-corrected chi connectivity index (χ2v) is 10.9. The summed E-state index contributed by atoms with van der Waals surface area (Å²) in [5.74, 6) is 2.10. The van der Waals surface area contributed by atoms with Crippen molar-refractivity contribution in [3.63, 3.8) is 0 Å². The Kier molecular flexibility index (Phi) is 6.78. The van der Waals surface area contributed by atoms with Gasteiger partial charge in [0.05, 0.1) is 11.5 Å². The van der Waals surface area contributed by atoms with Gasteiger partial charge < -0.3 is 25.0 Å². The van der Waals surface area contributed by atoms with Crippen LogP contribution in [0.15, 0.2) is 67.1 Å². The summed E-state index contributed by atoms with van der Waals surface area (Å²) in [4.78, 5) is 13.6. The van der Waals surface area contributed by atoms with Crippen LogP contribution in [0.3, 0.4) is 0 Å². The predicted molar refractivity (Wildman–Crippen MR) is 150 cm³/mol. The minimum atomic E-state index is -0.275. The number of aliphatic hydroxyl groups excluding tert-OH is 1. The number of fused-ring (bicyclic) bond motifs is 1. The Labute approximate surface area is 223 Å². The first kappa shape index (κ1) is 24.9. The first-order valence-electron chi connectivity index (χ1n) is 13.5. The molecule has 2 aromatic carbocycles. The van der Waals surface area contributed by atoms with Crippen molar-refractivity contribution < 1.29 is 9.84 Å². The molecule has 8 nitrogen and oxygen atoms in total. The molecule has 0 bridgehead atoms. The van der Waals surface area contributed by atoms with Crippen molar-refractivity contribution in [2.45, 2.75) is 49.9 Å². The van der Waals surface area contributed by atoms with Gasteiger partial charge in [0.15, 0.2) is 0 Å². The van der Waals surface area contributed by atoms with Crippen LogP contribution < -0.4 is 10.5 Å². The van der Waals surface area contributed by atoms with E-state index in [0.717, 1.165) is 72.4 Å². The average molecular weight is 513 g/mol. The quantitative estimate of drug-likeness (QED) is 0.391. The third-order valence-corrected chi connectivity index (χ3v) is 8.31. The number of anilines is 1. The van der Waals surface area contributed by atoms with E-state index < -0.39 is 0 Å². The molecular weight excluding hydrogens is 476 g/mol. The molecule has 1 aliphatic heterocycles. The Hall–Kier alpha value is -3.46. The first-order valence-corrected chi connectivity index (χ1v) is 13.5. The number of nitrogens with zero attached hydrogens (tertiary/aromatic N) is 5. The zero-order chi connectivity index (χ0) is 26.2. The molecule has 2 aliphatic rings. The number of hydrogen-bond acceptors (Lipinski definition) is 7. The maximum atomic E-state index is 10.5. The number of benzene rings is 2. The van der Waals surface area contributed by atoms with Gasteiger partial charge in [-0.3, -0.25) is 4.90 Å². The Morgan fingerprint density at radius 3 is 2.26 bits per heavy atom. The molecule has 2 atom stereocenters. The van der Waals surface area contributed by atoms with Crippen LogP contribution in [0.2, 0.25) is 0 Å². The smallest absolute Gasteiger partial charge is 0.146 e. The largest absolute Gasteiger partial charge is 0.457 e. The second-order valence-electron chi connectivity index (χ2n) is 10.9. The predicted octanol–water partition coefficient (Wildman–Crippen LogP) is 4.56. The van der Waals surface area contributed by atoms with Crippen molar-refractivity contribution in [2.24, 2.45) is 0 Å². The normalized spacial score (nSPS) is 24.3. The van der Waals surface area contributed by atoms with Gasteiger partial charge in [-0.1, -0.05) is 30.3 Å². The van der Waals surface area contributed by atoms with Gasteiger partial charge in [0.2, 0.25) is 0 Å². The number of ether oxygens (including phenoxy) is 1. The fourth-order valence-corrected chi connectivity index (χ4v) is 6.24. The molecule has 38 heavy (non-hydrogen) atoms. The molecule has 0 radical (unpaired) electrons. The third-order valence-electron chi connectivity index (χ3n) is 8.31. The number of aliphatic hydroxyl groups is 1. The van der Waals surface area contributed by atoms with Crippen LogP contribution in [0.4, 0.5) is 5.82 Å². The van der Waals surface area contributed by atoms with Crippen LogP contribution in [-0.4, -0.2) is 74.8 Å². The number of para-hydroxylation sites is 1. The fraction of sp³-hybridized carbons (Fsp3) is 0.400. The minimum Gasteiger partial charge on any atom is -0.457 e. The van der Waals surface area contributed by atoms with Crippen molar-refractivity contribution in [1.82, 2.24) is 24.3 Å². The number of aromatic nitrogens is 3. The van der Waals surface area contributed by atoms with Crippen molar-refractivity contribution in [3.8, 4) is 22.6 Å². The zero-order valence-electron chi connectivity index (χ0n) is 22.1. The molecule has 0 unspecified atom stereocenters. The standard InChI is InChI=1S/C30H36N6O2/c1-34(2)26-17-35(18-27(26)37)21-10-12-22(13-11-21)36-16-25(28-29(31)32-19-33-30(28)36)20-8-14-24(15-9-20)38-23-6-4-3-5-7-23/h3-9,14-16,19,21-22,26-27,37H,10-13,17-18H2,1-2H3,(H2,31,32,33)/t21-,22+,26-,27+/m0/s1. The molecule has 0 spiro atoms. The van der Waals surface area contributed by atoms with E-state index in [0.29, 0.717) is 17.9 Å². The molecule has 1 saturated heterocycles. The maximum Gasteiger partial charge on any atom is 0.146 e. The molecule has 198 valence electrons. The maximum absolute atomic E-state index is 10.5. The summed E-state index contributed by atoms with van der Waals surface area (Å²) in [6, 6.07) is 19.0. The van der Waals surface area contributed by atoms with Gasteiger partial charge in [0.1, 0.15) is 29.3 Å². The summed E-state index contributed by atoms with van der Waals surface area (Å²) in [5.41, 5.74) is 9.40. The van der Waals surface area contributed by atoms with E-state index in [1.54, 1.807) is 6.33 Å². The second kappa shape index (κ2) is 10.4. The fourth-order valence-electron chi connectivity index (χ4n) is 6.24. The van der Waals surface area contributed by atoms with E-state index in [2.05, 4.69) is 56.8 Å². The number of β-amino-alcohol motifs (C(OH)–C–C–N with tert-alkyl or cyclic N) is 1. The molecule has 1 aliphatic carbocycles. The van der Waals surface area contributed by atoms with Crippen molar-refractivity contribution in [3.05, 3.63) is 67.1 Å². The lowest BCUT2D eigenvalue weighted by Crippen LogP contribution is -2.40. The summed E-state index contributed by atoms with van der Waals surface area (Å²) in [5, 5.41) is 11.4. The summed E-state index contributed by atoms with van der Waals surface area (Å²) in [6.45, 7) is 1.70. The van der Waals surface area contributed by atoms with E-state index in [9.17, 15) is 5.11 Å². The Morgan fingerprint density at radius 1 is 0.895 bits per heavy atom. The van der Waals surface area contributed by atoms with E-state index in [1.165, 1.54) is 0 Å². The number of nitrogen functional groups attached to an aromatic ring is 1. The van der Waals surface area contributed by atoms with Gasteiger partial charge in [-0.05, 0) is 69.6 Å². The molecule has 4 aromatic rings. The molecule has 3 heterocycles. The van der Waals surface area contributed by atoms with Crippen LogP contribution in [-0.2, 0) is 0 Å². The Morgan fingerprint density at radius 2 is 1.58 bits per heavy atom. The van der Waals surface area contributed by atoms with Gasteiger partial charge in [-0.25, -0.2) is 9.97 Å². The Bertz CT molecular complexity index is 1380. The molecule has 0 amide bonds. The molecule has 2 fully saturated rings. The highest BCUT2D eigenvalue weighted by atomic mass is 16.5. The molecule has 2 aromatic heterocycles. The van der Waals surface area contributed by atoms with Crippen LogP contribution in [0, 0.1) is 0 Å². The summed E-state index contributed by atoms with van der Waals surface area (Å²) in [7, 11) is 4.11. The number of hydrogen-bond donors (Lipinski definition) is 2. The number of likely N-dealkylation sites (N-methyl/N-ethyl adjacent to an activating group) is 1. The van der Waals surface area contributed by atoms with Crippen LogP contribution in [0.25, 0.3) is 22.2 Å². The number of rotatable bonds is 6. The van der Waals surface area contributed by atoms with Crippen molar-refractivity contribution in [2.75, 3.05) is 32.9 Å². The topological polar surface area (TPSA) is 92.7 Å². The van der Waals surface area contributed by atoms with Gasteiger partial charge in [-0.15, -0.1) is 0 Å². The van der Waals surface area contributed by atoms with Crippen molar-refractivity contribution >= 4 is 16.9 Å². The minimum absolute atomic E-state index is 0.216. The first-order chi connectivity index (χ1) is 18.5. The lowest BCUT2D eigenvalue weighted by atomic mass is 9.90. The van der Waals surface area contributed by atoms with Crippen LogP contribution >= 0.6 is 0 Å². The van der Waals surface area contributed by atoms with Crippen LogP contribution in [0.1, 0.15) is 31.7 Å². The lowest BCUT2D eigenvalue weighted by molar-refractivity contribution is 0.108. The summed E-state index contributed by atoms with van der Waals surface area (Å²) in [6.07, 6.45) is 7.85. The molecular formula is C30H36N6O2. The molecule has 3 N–H and O–H groups in total. The monoisotopic (exact) mass is 512 g/mol. The highest BCUT2D eigenvalue weighted by Crippen LogP contribution is 2.40. The SMILES string of the molecule is CN(C)[C@H]1CN([C@H]2CC[C@@H](n3cc(-c4ccc(Oc5ccccc5)cc4)c4c(N)ncnc43)CC2)C[C@H]1O. The van der Waals surface area contributed by atoms with E-state index in [1.807, 2.05) is 42.5 Å².